The highest BCUT2D eigenvalue weighted by atomic mass is 16.6. The van der Waals surface area contributed by atoms with Gasteiger partial charge >= 0.3 is 5.97 Å². The van der Waals surface area contributed by atoms with E-state index in [0.29, 0.717) is 12.4 Å². The molecule has 0 bridgehead atoms. The summed E-state index contributed by atoms with van der Waals surface area (Å²) in [5.74, 6) is 0.357. The summed E-state index contributed by atoms with van der Waals surface area (Å²) in [6.07, 6.45) is 0. The Morgan fingerprint density at radius 3 is 2.93 bits per heavy atom. The average molecular weight is 200 g/mol. The molecule has 6 heteroatoms. The van der Waals surface area contributed by atoms with Gasteiger partial charge in [-0.1, -0.05) is 5.16 Å². The van der Waals surface area contributed by atoms with Crippen LogP contribution in [0.1, 0.15) is 18.6 Å². The molecule has 0 aliphatic heterocycles. The summed E-state index contributed by atoms with van der Waals surface area (Å²) in [5.41, 5.74) is 0. The first-order chi connectivity index (χ1) is 6.72. The third kappa shape index (κ3) is 3.53. The highest BCUT2D eigenvalue weighted by molar-refractivity contribution is 5.70. The van der Waals surface area contributed by atoms with Crippen LogP contribution in [0.5, 0.6) is 0 Å². The van der Waals surface area contributed by atoms with Crippen LogP contribution in [0.3, 0.4) is 0 Å². The highest BCUT2D eigenvalue weighted by Crippen LogP contribution is 1.98. The van der Waals surface area contributed by atoms with Gasteiger partial charge in [-0.25, -0.2) is 4.79 Å². The Morgan fingerprint density at radius 1 is 1.57 bits per heavy atom. The number of hydrogen-bond acceptors (Lipinski definition) is 6. The summed E-state index contributed by atoms with van der Waals surface area (Å²) in [6.45, 7) is 3.91. The summed E-state index contributed by atoms with van der Waals surface area (Å²) in [6, 6.07) is 0. The van der Waals surface area contributed by atoms with Crippen LogP contribution >= 0.6 is 0 Å². The monoisotopic (exact) mass is 200 g/mol. The Hall–Kier alpha value is -1.43. The van der Waals surface area contributed by atoms with Crippen LogP contribution < -0.4 is 0 Å². The lowest BCUT2D eigenvalue weighted by Gasteiger charge is -2.00. The molecule has 0 amide bonds. The van der Waals surface area contributed by atoms with E-state index in [4.69, 9.17) is 14.0 Å². The lowest BCUT2D eigenvalue weighted by Crippen LogP contribution is -2.12. The lowest BCUT2D eigenvalue weighted by molar-refractivity contribution is -0.150. The van der Waals surface area contributed by atoms with E-state index >= 15 is 0 Å². The predicted molar refractivity (Wildman–Crippen MR) is 45.3 cm³/mol. The molecule has 14 heavy (non-hydrogen) atoms. The minimum absolute atomic E-state index is 0.00719. The maximum atomic E-state index is 10.9. The quantitative estimate of drug-likeness (QED) is 0.643. The van der Waals surface area contributed by atoms with Gasteiger partial charge in [0, 0.05) is 6.61 Å². The summed E-state index contributed by atoms with van der Waals surface area (Å²) in [4.78, 5) is 14.8. The van der Waals surface area contributed by atoms with Gasteiger partial charge in [-0.3, -0.25) is 0 Å². The van der Waals surface area contributed by atoms with E-state index in [-0.39, 0.29) is 19.1 Å². The Kier molecular flexibility index (Phi) is 4.06. The number of ether oxygens (including phenoxy) is 2. The molecule has 0 atom stereocenters. The fraction of sp³-hybridized carbons (Fsp3) is 0.625. The molecule has 1 heterocycles. The molecule has 0 saturated heterocycles. The Bertz CT molecular complexity index is 297. The van der Waals surface area contributed by atoms with Gasteiger partial charge < -0.3 is 14.0 Å². The van der Waals surface area contributed by atoms with Crippen LogP contribution in [-0.2, 0) is 20.9 Å². The molecule has 6 nitrogen and oxygen atoms in total. The third-order valence-corrected chi connectivity index (χ3v) is 1.35. The molecule has 0 spiro atoms. The fourth-order valence-corrected chi connectivity index (χ4v) is 0.768. The largest absolute Gasteiger partial charge is 0.454 e. The van der Waals surface area contributed by atoms with Crippen molar-refractivity contribution in [3.05, 3.63) is 11.7 Å². The van der Waals surface area contributed by atoms with Crippen LogP contribution in [-0.4, -0.2) is 29.3 Å². The Balaban J connectivity index is 2.23. The van der Waals surface area contributed by atoms with Crippen LogP contribution in [0.25, 0.3) is 0 Å². The average Bonchev–Trinajstić information content (AvgIpc) is 2.58. The normalized spacial score (nSPS) is 10.1. The molecule has 0 N–H and O–H groups in total. The van der Waals surface area contributed by atoms with E-state index in [2.05, 4.69) is 10.1 Å². The lowest BCUT2D eigenvalue weighted by atomic mass is 10.6. The van der Waals surface area contributed by atoms with Gasteiger partial charge in [-0.05, 0) is 13.8 Å². The summed E-state index contributed by atoms with van der Waals surface area (Å²) < 4.78 is 14.4. The second kappa shape index (κ2) is 5.33. The molecule has 0 aromatic carbocycles. The molecule has 0 saturated carbocycles. The maximum absolute atomic E-state index is 10.9. The van der Waals surface area contributed by atoms with Crippen molar-refractivity contribution in [1.82, 2.24) is 10.1 Å². The minimum Gasteiger partial charge on any atom is -0.454 e. The van der Waals surface area contributed by atoms with Crippen molar-refractivity contribution in [2.45, 2.75) is 20.5 Å². The number of aromatic nitrogens is 2. The first-order valence-electron chi connectivity index (χ1n) is 4.25. The van der Waals surface area contributed by atoms with E-state index in [9.17, 15) is 4.79 Å². The van der Waals surface area contributed by atoms with Gasteiger partial charge in [0.15, 0.2) is 12.4 Å². The topological polar surface area (TPSA) is 74.5 Å². The molecule has 1 aromatic rings. The predicted octanol–water partition coefficient (Wildman–Crippen LogP) is 0.458. The van der Waals surface area contributed by atoms with Crippen LogP contribution in [0.4, 0.5) is 0 Å². The molecule has 78 valence electrons. The van der Waals surface area contributed by atoms with Crippen molar-refractivity contribution in [3.63, 3.8) is 0 Å². The molecule has 0 radical (unpaired) electrons. The zero-order chi connectivity index (χ0) is 10.4. The second-order valence-corrected chi connectivity index (χ2v) is 2.53. The van der Waals surface area contributed by atoms with Gasteiger partial charge in [0.1, 0.15) is 6.61 Å². The standard InChI is InChI=1S/C8H12N2O4/c1-3-12-5-8(11)13-4-7-9-6(2)10-14-7/h3-5H2,1-2H3. The van der Waals surface area contributed by atoms with E-state index < -0.39 is 5.97 Å². The first kappa shape index (κ1) is 10.6. The van der Waals surface area contributed by atoms with Gasteiger partial charge in [0.2, 0.25) is 0 Å². The summed E-state index contributed by atoms with van der Waals surface area (Å²) in [7, 11) is 0. The molecule has 0 unspecified atom stereocenters. The van der Waals surface area contributed by atoms with E-state index in [1.54, 1.807) is 13.8 Å². The zero-order valence-corrected chi connectivity index (χ0v) is 8.15. The van der Waals surface area contributed by atoms with Crippen molar-refractivity contribution in [1.29, 1.82) is 0 Å². The summed E-state index contributed by atoms with van der Waals surface area (Å²) in [5, 5.41) is 3.55. The van der Waals surface area contributed by atoms with Crippen molar-refractivity contribution in [2.24, 2.45) is 0 Å². The van der Waals surface area contributed by atoms with E-state index in [1.807, 2.05) is 0 Å². The highest BCUT2D eigenvalue weighted by Gasteiger charge is 2.07. The molecule has 0 fully saturated rings. The van der Waals surface area contributed by atoms with Crippen molar-refractivity contribution < 1.29 is 18.8 Å². The van der Waals surface area contributed by atoms with Crippen LogP contribution in [0, 0.1) is 6.92 Å². The van der Waals surface area contributed by atoms with Crippen molar-refractivity contribution in [2.75, 3.05) is 13.2 Å². The molecular formula is C8H12N2O4. The zero-order valence-electron chi connectivity index (χ0n) is 8.15. The minimum atomic E-state index is -0.442. The third-order valence-electron chi connectivity index (χ3n) is 1.35. The first-order valence-corrected chi connectivity index (χ1v) is 4.25. The van der Waals surface area contributed by atoms with Crippen LogP contribution in [0.2, 0.25) is 0 Å². The Morgan fingerprint density at radius 2 is 2.36 bits per heavy atom. The number of esters is 1. The molecule has 0 aliphatic carbocycles. The van der Waals surface area contributed by atoms with Gasteiger partial charge in [0.25, 0.3) is 5.89 Å². The maximum Gasteiger partial charge on any atom is 0.332 e. The van der Waals surface area contributed by atoms with E-state index in [0.717, 1.165) is 0 Å². The van der Waals surface area contributed by atoms with Crippen molar-refractivity contribution >= 4 is 5.97 Å². The Labute approximate surface area is 81.2 Å². The number of nitrogens with zero attached hydrogens (tertiary/aromatic N) is 2. The summed E-state index contributed by atoms with van der Waals surface area (Å²) >= 11 is 0. The molecule has 0 aliphatic rings. The SMILES string of the molecule is CCOCC(=O)OCc1nc(C)no1. The van der Waals surface area contributed by atoms with Crippen molar-refractivity contribution in [3.8, 4) is 0 Å². The number of aryl methyl sites for hydroxylation is 1. The number of rotatable bonds is 5. The second-order valence-electron chi connectivity index (χ2n) is 2.53. The smallest absolute Gasteiger partial charge is 0.332 e. The number of hydrogen-bond donors (Lipinski definition) is 0. The molecule has 1 rings (SSSR count). The molecular weight excluding hydrogens is 188 g/mol. The van der Waals surface area contributed by atoms with E-state index in [1.165, 1.54) is 0 Å². The van der Waals surface area contributed by atoms with Gasteiger partial charge in [-0.15, -0.1) is 0 Å². The fourth-order valence-electron chi connectivity index (χ4n) is 0.768. The van der Waals surface area contributed by atoms with Gasteiger partial charge in [-0.2, -0.15) is 4.98 Å². The molecule has 1 aromatic heterocycles. The van der Waals surface area contributed by atoms with Gasteiger partial charge in [0.05, 0.1) is 0 Å². The van der Waals surface area contributed by atoms with Crippen LogP contribution in [0.15, 0.2) is 4.52 Å². The number of carbonyl (C=O) groups is 1. The number of carbonyl (C=O) groups excluding carboxylic acids is 1.